The van der Waals surface area contributed by atoms with Crippen LogP contribution in [0.3, 0.4) is 0 Å². The lowest BCUT2D eigenvalue weighted by atomic mass is 10.0. The molecule has 176 valence electrons. The van der Waals surface area contributed by atoms with Crippen molar-refractivity contribution in [3.8, 4) is 6.07 Å². The lowest BCUT2D eigenvalue weighted by molar-refractivity contribution is -0.117. The van der Waals surface area contributed by atoms with Crippen molar-refractivity contribution in [3.63, 3.8) is 0 Å². The SMILES string of the molecule is Cc1ccccc1CC1SC(=C(C#N)C(=O)NCCc2ccccc2)N(c2ccc(Cl)cc2)C1=O. The molecule has 3 aromatic rings. The molecule has 1 saturated heterocycles. The third kappa shape index (κ3) is 5.76. The topological polar surface area (TPSA) is 73.2 Å². The summed E-state index contributed by atoms with van der Waals surface area (Å²) >= 11 is 7.32. The molecule has 1 heterocycles. The lowest BCUT2D eigenvalue weighted by Crippen LogP contribution is -2.32. The number of thioether (sulfide) groups is 1. The number of carbonyl (C=O) groups is 2. The van der Waals surface area contributed by atoms with Gasteiger partial charge in [0, 0.05) is 17.3 Å². The van der Waals surface area contributed by atoms with Crippen molar-refractivity contribution in [2.75, 3.05) is 11.4 Å². The summed E-state index contributed by atoms with van der Waals surface area (Å²) < 4.78 is 0. The largest absolute Gasteiger partial charge is 0.351 e. The fraction of sp³-hybridized carbons (Fsp3) is 0.179. The van der Waals surface area contributed by atoms with Gasteiger partial charge in [-0.2, -0.15) is 5.26 Å². The number of nitriles is 1. The molecule has 1 unspecified atom stereocenters. The number of halogens is 1. The first-order valence-corrected chi connectivity index (χ1v) is 12.5. The minimum atomic E-state index is -0.491. The Bertz CT molecular complexity index is 1300. The maximum absolute atomic E-state index is 13.6. The Morgan fingerprint density at radius 2 is 1.74 bits per heavy atom. The maximum Gasteiger partial charge on any atom is 0.264 e. The zero-order valence-corrected chi connectivity index (χ0v) is 20.8. The molecule has 1 aliphatic heterocycles. The van der Waals surface area contributed by atoms with Crippen LogP contribution >= 0.6 is 23.4 Å². The summed E-state index contributed by atoms with van der Waals surface area (Å²) in [6.07, 6.45) is 1.14. The molecule has 1 atom stereocenters. The summed E-state index contributed by atoms with van der Waals surface area (Å²) in [6.45, 7) is 2.39. The van der Waals surface area contributed by atoms with E-state index in [0.29, 0.717) is 35.1 Å². The van der Waals surface area contributed by atoms with E-state index >= 15 is 0 Å². The van der Waals surface area contributed by atoms with Crippen LogP contribution in [0.25, 0.3) is 0 Å². The molecule has 0 bridgehead atoms. The summed E-state index contributed by atoms with van der Waals surface area (Å²) in [5.41, 5.74) is 3.74. The van der Waals surface area contributed by atoms with Crippen LogP contribution in [0.1, 0.15) is 16.7 Å². The first kappa shape index (κ1) is 24.6. The molecule has 0 aliphatic carbocycles. The fourth-order valence-corrected chi connectivity index (χ4v) is 5.33. The predicted molar refractivity (Wildman–Crippen MR) is 141 cm³/mol. The number of aryl methyl sites for hydroxylation is 1. The average Bonchev–Trinajstić information content (AvgIpc) is 3.17. The standard InChI is InChI=1S/C28H24ClN3O2S/c1-19-7-5-6-10-21(19)17-25-27(34)32(23-13-11-22(29)12-14-23)28(35-25)24(18-30)26(33)31-16-15-20-8-3-2-4-9-20/h2-14,25H,15-17H2,1H3,(H,31,33). The minimum absolute atomic E-state index is 0.0707. The highest BCUT2D eigenvalue weighted by atomic mass is 35.5. The molecule has 0 saturated carbocycles. The summed E-state index contributed by atoms with van der Waals surface area (Å²) in [7, 11) is 0. The smallest absolute Gasteiger partial charge is 0.264 e. The Labute approximate surface area is 214 Å². The van der Waals surface area contributed by atoms with Crippen molar-refractivity contribution in [2.45, 2.75) is 25.0 Å². The predicted octanol–water partition coefficient (Wildman–Crippen LogP) is 5.43. The number of hydrogen-bond donors (Lipinski definition) is 1. The van der Waals surface area contributed by atoms with Crippen molar-refractivity contribution >= 4 is 40.9 Å². The number of amides is 2. The minimum Gasteiger partial charge on any atom is -0.351 e. The van der Waals surface area contributed by atoms with Gasteiger partial charge < -0.3 is 5.32 Å². The van der Waals surface area contributed by atoms with Gasteiger partial charge in [-0.3, -0.25) is 14.5 Å². The van der Waals surface area contributed by atoms with E-state index in [1.54, 1.807) is 24.3 Å². The van der Waals surface area contributed by atoms with Gasteiger partial charge in [-0.1, -0.05) is 78.0 Å². The maximum atomic E-state index is 13.6. The van der Waals surface area contributed by atoms with Crippen molar-refractivity contribution < 1.29 is 9.59 Å². The normalized spacial score (nSPS) is 16.7. The third-order valence-corrected chi connectivity index (χ3v) is 7.31. The van der Waals surface area contributed by atoms with Crippen LogP contribution in [-0.2, 0) is 22.4 Å². The first-order valence-electron chi connectivity index (χ1n) is 11.2. The van der Waals surface area contributed by atoms with E-state index in [2.05, 4.69) is 5.32 Å². The number of nitrogens with one attached hydrogen (secondary N) is 1. The van der Waals surface area contributed by atoms with E-state index in [1.807, 2.05) is 67.6 Å². The zero-order chi connectivity index (χ0) is 24.8. The van der Waals surface area contributed by atoms with Gasteiger partial charge in [0.05, 0.1) is 5.25 Å². The van der Waals surface area contributed by atoms with Crippen molar-refractivity contribution in [1.29, 1.82) is 5.26 Å². The summed E-state index contributed by atoms with van der Waals surface area (Å²) in [5, 5.41) is 13.2. The van der Waals surface area contributed by atoms with E-state index in [0.717, 1.165) is 16.7 Å². The number of hydrogen-bond acceptors (Lipinski definition) is 4. The third-order valence-electron chi connectivity index (χ3n) is 5.80. The van der Waals surface area contributed by atoms with Crippen LogP contribution in [0.15, 0.2) is 89.5 Å². The van der Waals surface area contributed by atoms with Gasteiger partial charge in [0.1, 0.15) is 16.7 Å². The molecule has 1 aliphatic rings. The molecule has 0 aromatic heterocycles. The van der Waals surface area contributed by atoms with Crippen LogP contribution in [0, 0.1) is 18.3 Å². The van der Waals surface area contributed by atoms with Gasteiger partial charge in [0.15, 0.2) is 0 Å². The Hall–Kier alpha value is -3.53. The number of benzene rings is 3. The van der Waals surface area contributed by atoms with Crippen LogP contribution in [0.5, 0.6) is 0 Å². The van der Waals surface area contributed by atoms with Crippen molar-refractivity contribution in [1.82, 2.24) is 5.32 Å². The quantitative estimate of drug-likeness (QED) is 0.346. The molecule has 0 radical (unpaired) electrons. The number of nitrogens with zero attached hydrogens (tertiary/aromatic N) is 2. The molecule has 0 spiro atoms. The number of rotatable bonds is 7. The molecule has 35 heavy (non-hydrogen) atoms. The molecule has 7 heteroatoms. The van der Waals surface area contributed by atoms with Crippen molar-refractivity contribution in [3.05, 3.63) is 111 Å². The van der Waals surface area contributed by atoms with Gasteiger partial charge in [0.2, 0.25) is 5.91 Å². The van der Waals surface area contributed by atoms with Gasteiger partial charge in [-0.25, -0.2) is 0 Å². The molecule has 5 nitrogen and oxygen atoms in total. The van der Waals surface area contributed by atoms with Crippen molar-refractivity contribution in [2.24, 2.45) is 0 Å². The molecule has 1 fully saturated rings. The van der Waals surface area contributed by atoms with Gasteiger partial charge in [-0.15, -0.1) is 0 Å². The molecular formula is C28H24ClN3O2S. The van der Waals surface area contributed by atoms with Crippen LogP contribution < -0.4 is 10.2 Å². The highest BCUT2D eigenvalue weighted by Gasteiger charge is 2.40. The Kier molecular flexibility index (Phi) is 7.91. The highest BCUT2D eigenvalue weighted by molar-refractivity contribution is 8.05. The van der Waals surface area contributed by atoms with E-state index in [9.17, 15) is 14.9 Å². The van der Waals surface area contributed by atoms with Crippen LogP contribution in [0.4, 0.5) is 5.69 Å². The van der Waals surface area contributed by atoms with E-state index < -0.39 is 11.2 Å². The molecular weight excluding hydrogens is 478 g/mol. The monoisotopic (exact) mass is 501 g/mol. The fourth-order valence-electron chi connectivity index (χ4n) is 3.90. The number of anilines is 1. The Morgan fingerprint density at radius 1 is 1.06 bits per heavy atom. The lowest BCUT2D eigenvalue weighted by Gasteiger charge is -2.19. The van der Waals surface area contributed by atoms with Gasteiger partial charge in [0.25, 0.3) is 5.91 Å². The van der Waals surface area contributed by atoms with Gasteiger partial charge in [-0.05, 0) is 60.7 Å². The molecule has 3 aromatic carbocycles. The summed E-state index contributed by atoms with van der Waals surface area (Å²) in [5.74, 6) is -0.658. The van der Waals surface area contributed by atoms with E-state index in [4.69, 9.17) is 11.6 Å². The van der Waals surface area contributed by atoms with Gasteiger partial charge >= 0.3 is 0 Å². The average molecular weight is 502 g/mol. The zero-order valence-electron chi connectivity index (χ0n) is 19.2. The second-order valence-electron chi connectivity index (χ2n) is 8.17. The molecule has 4 rings (SSSR count). The summed E-state index contributed by atoms with van der Waals surface area (Å²) in [4.78, 5) is 28.1. The second-order valence-corrected chi connectivity index (χ2v) is 9.80. The van der Waals surface area contributed by atoms with Crippen LogP contribution in [0.2, 0.25) is 5.02 Å². The highest BCUT2D eigenvalue weighted by Crippen LogP contribution is 2.42. The molecule has 1 N–H and O–H groups in total. The molecule has 2 amide bonds. The van der Waals surface area contributed by atoms with Crippen LogP contribution in [-0.4, -0.2) is 23.6 Å². The summed E-state index contributed by atoms with van der Waals surface area (Å²) in [6, 6.07) is 26.6. The first-order chi connectivity index (χ1) is 17.0. The second kappa shape index (κ2) is 11.3. The number of carbonyl (C=O) groups excluding carboxylic acids is 2. The van der Waals surface area contributed by atoms with E-state index in [1.165, 1.54) is 16.7 Å². The Morgan fingerprint density at radius 3 is 2.43 bits per heavy atom. The van der Waals surface area contributed by atoms with E-state index in [-0.39, 0.29) is 11.5 Å². The Balaban J connectivity index is 1.62.